The van der Waals surface area contributed by atoms with E-state index in [0.717, 1.165) is 5.69 Å². The maximum absolute atomic E-state index is 11.3. The monoisotopic (exact) mass is 295 g/mol. The maximum atomic E-state index is 11.3. The normalized spacial score (nSPS) is 10.2. The molecule has 6 heteroatoms. The Labute approximate surface area is 121 Å². The van der Waals surface area contributed by atoms with Crippen molar-refractivity contribution in [2.45, 2.75) is 6.54 Å². The zero-order chi connectivity index (χ0) is 14.5. The molecule has 1 heterocycles. The third kappa shape index (κ3) is 3.24. The third-order valence-corrected chi connectivity index (χ3v) is 3.00. The third-order valence-electron chi connectivity index (χ3n) is 2.67. The lowest BCUT2D eigenvalue weighted by Crippen LogP contribution is -2.00. The predicted molar refractivity (Wildman–Crippen MR) is 75.4 cm³/mol. The number of carbonyl (C=O) groups is 1. The van der Waals surface area contributed by atoms with Crippen molar-refractivity contribution in [3.8, 4) is 5.75 Å². The molecule has 0 saturated heterocycles. The molecule has 0 bridgehead atoms. The fourth-order valence-corrected chi connectivity index (χ4v) is 1.82. The van der Waals surface area contributed by atoms with Crippen LogP contribution in [0.25, 0.3) is 0 Å². The van der Waals surface area contributed by atoms with Crippen molar-refractivity contribution >= 4 is 23.3 Å². The molecule has 1 aromatic carbocycles. The number of carbonyl (C=O) groups excluding carboxylic acids is 1. The summed E-state index contributed by atoms with van der Waals surface area (Å²) in [6.07, 6.45) is 0. The predicted octanol–water partition coefficient (Wildman–Crippen LogP) is 3.34. The van der Waals surface area contributed by atoms with Crippen molar-refractivity contribution in [1.29, 1.82) is 0 Å². The summed E-state index contributed by atoms with van der Waals surface area (Å²) < 4.78 is 15.0. The van der Waals surface area contributed by atoms with Gasteiger partial charge in [-0.15, -0.1) is 0 Å². The highest BCUT2D eigenvalue weighted by molar-refractivity contribution is 6.33. The highest BCUT2D eigenvalue weighted by Gasteiger charge is 2.11. The van der Waals surface area contributed by atoms with Gasteiger partial charge in [-0.3, -0.25) is 0 Å². The van der Waals surface area contributed by atoms with Crippen molar-refractivity contribution in [3.05, 3.63) is 46.9 Å². The summed E-state index contributed by atoms with van der Waals surface area (Å²) in [7, 11) is 2.89. The minimum atomic E-state index is -0.504. The Bertz CT molecular complexity index is 609. The second kappa shape index (κ2) is 6.34. The molecule has 0 fully saturated rings. The highest BCUT2D eigenvalue weighted by Crippen LogP contribution is 2.27. The molecule has 0 unspecified atom stereocenters. The van der Waals surface area contributed by atoms with Gasteiger partial charge in [-0.1, -0.05) is 11.6 Å². The summed E-state index contributed by atoms with van der Waals surface area (Å²) in [5, 5.41) is 3.69. The van der Waals surface area contributed by atoms with E-state index < -0.39 is 5.97 Å². The van der Waals surface area contributed by atoms with E-state index in [1.54, 1.807) is 37.4 Å². The molecule has 0 radical (unpaired) electrons. The first-order valence-corrected chi connectivity index (χ1v) is 6.26. The van der Waals surface area contributed by atoms with Crippen LogP contribution in [-0.2, 0) is 11.3 Å². The first kappa shape index (κ1) is 14.3. The van der Waals surface area contributed by atoms with Crippen LogP contribution in [0.1, 0.15) is 16.3 Å². The molecule has 0 aliphatic carbocycles. The SMILES string of the molecule is COC(=O)c1ccc(CNc2cc(OC)ccc2Cl)o1. The number of hydrogen-bond donors (Lipinski definition) is 1. The number of esters is 1. The van der Waals surface area contributed by atoms with E-state index in [0.29, 0.717) is 23.1 Å². The molecule has 1 aromatic heterocycles. The number of hydrogen-bond acceptors (Lipinski definition) is 5. The topological polar surface area (TPSA) is 60.7 Å². The van der Waals surface area contributed by atoms with Crippen LogP contribution in [0.4, 0.5) is 5.69 Å². The van der Waals surface area contributed by atoms with Gasteiger partial charge in [0.15, 0.2) is 0 Å². The zero-order valence-electron chi connectivity index (χ0n) is 11.1. The lowest BCUT2D eigenvalue weighted by molar-refractivity contribution is 0.0563. The van der Waals surface area contributed by atoms with Crippen molar-refractivity contribution < 1.29 is 18.7 Å². The van der Waals surface area contributed by atoms with Gasteiger partial charge in [0.2, 0.25) is 5.76 Å². The van der Waals surface area contributed by atoms with Crippen LogP contribution in [0.5, 0.6) is 5.75 Å². The molecule has 2 aromatic rings. The van der Waals surface area contributed by atoms with E-state index >= 15 is 0 Å². The first-order chi connectivity index (χ1) is 9.63. The Hall–Kier alpha value is -2.14. The molecule has 0 saturated carbocycles. The Kier molecular flexibility index (Phi) is 4.53. The minimum absolute atomic E-state index is 0.168. The van der Waals surface area contributed by atoms with E-state index in [4.69, 9.17) is 20.8 Å². The molecule has 20 heavy (non-hydrogen) atoms. The average Bonchev–Trinajstić information content (AvgIpc) is 2.94. The lowest BCUT2D eigenvalue weighted by atomic mass is 10.3. The molecule has 1 N–H and O–H groups in total. The van der Waals surface area contributed by atoms with Crippen LogP contribution in [0.2, 0.25) is 5.02 Å². The number of halogens is 1. The number of methoxy groups -OCH3 is 2. The smallest absolute Gasteiger partial charge is 0.373 e. The summed E-state index contributed by atoms with van der Waals surface area (Å²) in [5.41, 5.74) is 0.724. The number of ether oxygens (including phenoxy) is 2. The van der Waals surface area contributed by atoms with E-state index in [1.165, 1.54) is 7.11 Å². The first-order valence-electron chi connectivity index (χ1n) is 5.88. The Morgan fingerprint density at radius 2 is 2.10 bits per heavy atom. The largest absolute Gasteiger partial charge is 0.497 e. The second-order valence-corrected chi connectivity index (χ2v) is 4.36. The van der Waals surface area contributed by atoms with Crippen LogP contribution >= 0.6 is 11.6 Å². The molecule has 106 valence electrons. The van der Waals surface area contributed by atoms with Gasteiger partial charge in [0, 0.05) is 6.07 Å². The molecule has 0 spiro atoms. The molecular formula is C14H14ClNO4. The maximum Gasteiger partial charge on any atom is 0.373 e. The minimum Gasteiger partial charge on any atom is -0.497 e. The number of anilines is 1. The zero-order valence-corrected chi connectivity index (χ0v) is 11.9. The van der Waals surface area contributed by atoms with E-state index in [9.17, 15) is 4.79 Å². The van der Waals surface area contributed by atoms with Gasteiger partial charge in [0.05, 0.1) is 31.5 Å². The fraction of sp³-hybridized carbons (Fsp3) is 0.214. The summed E-state index contributed by atoms with van der Waals surface area (Å²) in [6.45, 7) is 0.393. The van der Waals surface area contributed by atoms with Crippen molar-refractivity contribution in [3.63, 3.8) is 0 Å². The van der Waals surface area contributed by atoms with Gasteiger partial charge in [-0.25, -0.2) is 4.79 Å². The Morgan fingerprint density at radius 1 is 1.30 bits per heavy atom. The van der Waals surface area contributed by atoms with Crippen molar-refractivity contribution in [2.75, 3.05) is 19.5 Å². The summed E-state index contributed by atoms with van der Waals surface area (Å²) in [6, 6.07) is 8.57. The number of nitrogens with one attached hydrogen (secondary N) is 1. The van der Waals surface area contributed by atoms with Crippen LogP contribution in [0.3, 0.4) is 0 Å². The van der Waals surface area contributed by atoms with Gasteiger partial charge in [-0.05, 0) is 24.3 Å². The molecule has 2 rings (SSSR count). The highest BCUT2D eigenvalue weighted by atomic mass is 35.5. The van der Waals surface area contributed by atoms with Gasteiger partial charge >= 0.3 is 5.97 Å². The fourth-order valence-electron chi connectivity index (χ4n) is 1.63. The van der Waals surface area contributed by atoms with Crippen LogP contribution in [0.15, 0.2) is 34.7 Å². The van der Waals surface area contributed by atoms with E-state index in [-0.39, 0.29) is 5.76 Å². The van der Waals surface area contributed by atoms with Gasteiger partial charge in [0.1, 0.15) is 11.5 Å². The Balaban J connectivity index is 2.05. The quantitative estimate of drug-likeness (QED) is 0.857. The molecule has 5 nitrogen and oxygen atoms in total. The molecule has 0 aliphatic heterocycles. The van der Waals surface area contributed by atoms with Crippen LogP contribution in [-0.4, -0.2) is 20.2 Å². The number of furan rings is 1. The summed E-state index contributed by atoms with van der Waals surface area (Å²) in [4.78, 5) is 11.3. The molecule has 0 amide bonds. The lowest BCUT2D eigenvalue weighted by Gasteiger charge is -2.08. The Morgan fingerprint density at radius 3 is 2.80 bits per heavy atom. The van der Waals surface area contributed by atoms with Crippen molar-refractivity contribution in [1.82, 2.24) is 0 Å². The van der Waals surface area contributed by atoms with Crippen LogP contribution in [0, 0.1) is 0 Å². The molecular weight excluding hydrogens is 282 g/mol. The van der Waals surface area contributed by atoms with Gasteiger partial charge < -0.3 is 19.2 Å². The summed E-state index contributed by atoms with van der Waals surface area (Å²) >= 11 is 6.07. The van der Waals surface area contributed by atoms with E-state index in [1.807, 2.05) is 0 Å². The van der Waals surface area contributed by atoms with E-state index in [2.05, 4.69) is 10.1 Å². The second-order valence-electron chi connectivity index (χ2n) is 3.96. The van der Waals surface area contributed by atoms with Crippen LogP contribution < -0.4 is 10.1 Å². The molecule has 0 atom stereocenters. The van der Waals surface area contributed by atoms with Crippen molar-refractivity contribution in [2.24, 2.45) is 0 Å². The summed E-state index contributed by atoms with van der Waals surface area (Å²) in [5.74, 6) is 0.965. The number of benzene rings is 1. The van der Waals surface area contributed by atoms with Gasteiger partial charge in [0.25, 0.3) is 0 Å². The standard InChI is InChI=1S/C14H14ClNO4/c1-18-9-3-5-11(15)12(7-9)16-8-10-4-6-13(20-10)14(17)19-2/h3-7,16H,8H2,1-2H3. The average molecular weight is 296 g/mol. The number of rotatable bonds is 5. The van der Waals surface area contributed by atoms with Gasteiger partial charge in [-0.2, -0.15) is 0 Å². The molecule has 0 aliphatic rings.